The topological polar surface area (TPSA) is 4.93 Å². The number of rotatable bonds is 2. The third kappa shape index (κ3) is 3.14. The van der Waals surface area contributed by atoms with Crippen molar-refractivity contribution in [3.05, 3.63) is 140 Å². The van der Waals surface area contributed by atoms with Crippen LogP contribution in [0.25, 0.3) is 80.3 Å². The largest absolute Gasteiger partial charge is 0.309 e. The van der Waals surface area contributed by atoms with E-state index in [0.29, 0.717) is 0 Å². The van der Waals surface area contributed by atoms with Crippen LogP contribution in [0.2, 0.25) is 0 Å². The fourth-order valence-corrected chi connectivity index (χ4v) is 7.57. The molecule has 9 aromatic rings. The lowest BCUT2D eigenvalue weighted by Gasteiger charge is -2.10. The highest BCUT2D eigenvalue weighted by atomic mass is 32.1. The summed E-state index contributed by atoms with van der Waals surface area (Å²) in [7, 11) is 0. The number of benzene rings is 7. The zero-order chi connectivity index (χ0) is 26.2. The molecule has 0 radical (unpaired) electrons. The molecule has 186 valence electrons. The highest BCUT2D eigenvalue weighted by molar-refractivity contribution is 7.26. The van der Waals surface area contributed by atoms with Gasteiger partial charge in [0, 0.05) is 36.6 Å². The van der Waals surface area contributed by atoms with E-state index in [0.717, 1.165) is 0 Å². The van der Waals surface area contributed by atoms with E-state index in [1.54, 1.807) is 0 Å². The number of thiophene rings is 1. The van der Waals surface area contributed by atoms with Crippen LogP contribution in [0.3, 0.4) is 0 Å². The molecule has 0 spiro atoms. The van der Waals surface area contributed by atoms with Crippen LogP contribution in [0.15, 0.2) is 140 Å². The molecule has 0 bridgehead atoms. The molecule has 2 aromatic heterocycles. The molecule has 0 atom stereocenters. The number of para-hydroxylation sites is 1. The van der Waals surface area contributed by atoms with E-state index < -0.39 is 0 Å². The lowest BCUT2D eigenvalue weighted by atomic mass is 9.99. The van der Waals surface area contributed by atoms with Crippen LogP contribution < -0.4 is 0 Å². The lowest BCUT2D eigenvalue weighted by molar-refractivity contribution is 1.19. The Balaban J connectivity index is 1.30. The van der Waals surface area contributed by atoms with Gasteiger partial charge in [-0.25, -0.2) is 0 Å². The summed E-state index contributed by atoms with van der Waals surface area (Å²) < 4.78 is 5.10. The molecule has 0 unspecified atom stereocenters. The van der Waals surface area contributed by atoms with Gasteiger partial charge >= 0.3 is 0 Å². The van der Waals surface area contributed by atoms with Crippen molar-refractivity contribution in [2.24, 2.45) is 0 Å². The summed E-state index contributed by atoms with van der Waals surface area (Å²) in [5.74, 6) is 0. The van der Waals surface area contributed by atoms with E-state index in [-0.39, 0.29) is 0 Å². The van der Waals surface area contributed by atoms with Crippen molar-refractivity contribution in [3.63, 3.8) is 0 Å². The number of hydrogen-bond donors (Lipinski definition) is 0. The maximum absolute atomic E-state index is 2.42. The van der Waals surface area contributed by atoms with Crippen LogP contribution in [0, 0.1) is 0 Å². The third-order valence-electron chi connectivity index (χ3n) is 8.36. The van der Waals surface area contributed by atoms with E-state index in [4.69, 9.17) is 0 Å². The molecule has 40 heavy (non-hydrogen) atoms. The molecular weight excluding hydrogens is 502 g/mol. The first kappa shape index (κ1) is 22.0. The van der Waals surface area contributed by atoms with Crippen molar-refractivity contribution in [2.45, 2.75) is 0 Å². The van der Waals surface area contributed by atoms with Crippen molar-refractivity contribution in [1.29, 1.82) is 0 Å². The van der Waals surface area contributed by atoms with Crippen LogP contribution in [-0.2, 0) is 0 Å². The predicted molar refractivity (Wildman–Crippen MR) is 174 cm³/mol. The maximum atomic E-state index is 2.42. The predicted octanol–water partition coefficient (Wildman–Crippen LogP) is 11.1. The fraction of sp³-hybridized carbons (Fsp3) is 0. The molecule has 0 amide bonds. The Morgan fingerprint density at radius 3 is 2.00 bits per heavy atom. The molecule has 1 nitrogen and oxygen atoms in total. The molecule has 0 fully saturated rings. The van der Waals surface area contributed by atoms with Crippen molar-refractivity contribution in [2.75, 3.05) is 0 Å². The summed E-state index contributed by atoms with van der Waals surface area (Å²) >= 11 is 1.88. The second-order valence-corrected chi connectivity index (χ2v) is 11.7. The first-order valence-corrected chi connectivity index (χ1v) is 14.5. The number of aromatic nitrogens is 1. The summed E-state index contributed by atoms with van der Waals surface area (Å²) in [6.07, 6.45) is 0. The molecule has 0 N–H and O–H groups in total. The van der Waals surface area contributed by atoms with Gasteiger partial charge in [0.2, 0.25) is 0 Å². The van der Waals surface area contributed by atoms with Crippen molar-refractivity contribution >= 4 is 74.9 Å². The monoisotopic (exact) mass is 525 g/mol. The average Bonchev–Trinajstić information content (AvgIpc) is 3.56. The average molecular weight is 526 g/mol. The minimum atomic E-state index is 1.19. The summed E-state index contributed by atoms with van der Waals surface area (Å²) in [6.45, 7) is 0. The van der Waals surface area contributed by atoms with Gasteiger partial charge in [-0.1, -0.05) is 97.1 Å². The van der Waals surface area contributed by atoms with Crippen LogP contribution >= 0.6 is 11.3 Å². The van der Waals surface area contributed by atoms with Gasteiger partial charge in [0.15, 0.2) is 0 Å². The van der Waals surface area contributed by atoms with Crippen molar-refractivity contribution in [3.8, 4) is 16.8 Å². The van der Waals surface area contributed by atoms with Crippen molar-refractivity contribution < 1.29 is 0 Å². The molecule has 0 saturated carbocycles. The van der Waals surface area contributed by atoms with Gasteiger partial charge in [-0.15, -0.1) is 11.3 Å². The van der Waals surface area contributed by atoms with E-state index in [2.05, 4.69) is 144 Å². The minimum absolute atomic E-state index is 1.19. The van der Waals surface area contributed by atoms with Gasteiger partial charge in [0.1, 0.15) is 0 Å². The van der Waals surface area contributed by atoms with Gasteiger partial charge in [-0.3, -0.25) is 0 Å². The maximum Gasteiger partial charge on any atom is 0.0547 e. The highest BCUT2D eigenvalue weighted by Gasteiger charge is 2.15. The van der Waals surface area contributed by atoms with E-state index in [9.17, 15) is 0 Å². The van der Waals surface area contributed by atoms with Crippen LogP contribution in [0.5, 0.6) is 0 Å². The standard InChI is InChI=1S/C38H23NS/c1-2-9-26-21-29(17-13-24(26)7-1)39-34-12-6-5-11-31(34)32-18-14-28(23-35(32)39)27-16-19-36-33(22-27)38-30-10-4-3-8-25(30)15-20-37(38)40-36/h1-23H. The molecule has 2 heteroatoms. The van der Waals surface area contributed by atoms with E-state index >= 15 is 0 Å². The molecule has 9 rings (SSSR count). The van der Waals surface area contributed by atoms with Gasteiger partial charge in [0.25, 0.3) is 0 Å². The molecule has 0 saturated heterocycles. The highest BCUT2D eigenvalue weighted by Crippen LogP contribution is 2.41. The van der Waals surface area contributed by atoms with E-state index in [1.165, 1.54) is 80.3 Å². The second-order valence-electron chi connectivity index (χ2n) is 10.6. The third-order valence-corrected chi connectivity index (χ3v) is 9.49. The van der Waals surface area contributed by atoms with Gasteiger partial charge in [0.05, 0.1) is 11.0 Å². The van der Waals surface area contributed by atoms with Crippen LogP contribution in [0.1, 0.15) is 0 Å². The summed E-state index contributed by atoms with van der Waals surface area (Å²) in [6, 6.07) is 51.3. The Morgan fingerprint density at radius 1 is 0.400 bits per heavy atom. The zero-order valence-corrected chi connectivity index (χ0v) is 22.5. The number of hydrogen-bond acceptors (Lipinski definition) is 1. The van der Waals surface area contributed by atoms with Crippen molar-refractivity contribution in [1.82, 2.24) is 4.57 Å². The van der Waals surface area contributed by atoms with Crippen LogP contribution in [0.4, 0.5) is 0 Å². The van der Waals surface area contributed by atoms with Gasteiger partial charge in [-0.05, 0) is 75.1 Å². The molecule has 0 aliphatic heterocycles. The molecule has 7 aromatic carbocycles. The second kappa shape index (κ2) is 8.29. The minimum Gasteiger partial charge on any atom is -0.309 e. The van der Waals surface area contributed by atoms with E-state index in [1.807, 2.05) is 11.3 Å². The normalized spacial score (nSPS) is 12.0. The molecule has 2 heterocycles. The Morgan fingerprint density at radius 2 is 1.07 bits per heavy atom. The Kier molecular flexibility index (Phi) is 4.55. The summed E-state index contributed by atoms with van der Waals surface area (Å²) in [4.78, 5) is 0. The lowest BCUT2D eigenvalue weighted by Crippen LogP contribution is -1.94. The summed E-state index contributed by atoms with van der Waals surface area (Å²) in [5, 5.41) is 10.4. The Bertz CT molecular complexity index is 2440. The molecule has 0 aliphatic carbocycles. The SMILES string of the molecule is c1ccc2cc(-n3c4ccccc4c4ccc(-c5ccc6sc7ccc8ccccc8c7c6c5)cc43)ccc2c1. The van der Waals surface area contributed by atoms with Gasteiger partial charge in [-0.2, -0.15) is 0 Å². The Hall–Kier alpha value is -4.92. The van der Waals surface area contributed by atoms with Crippen LogP contribution in [-0.4, -0.2) is 4.57 Å². The first-order valence-electron chi connectivity index (χ1n) is 13.7. The number of nitrogens with zero attached hydrogens (tertiary/aromatic N) is 1. The molecular formula is C38H23NS. The fourth-order valence-electron chi connectivity index (χ4n) is 6.47. The quantitative estimate of drug-likeness (QED) is 0.211. The van der Waals surface area contributed by atoms with Gasteiger partial charge < -0.3 is 4.57 Å². The zero-order valence-electron chi connectivity index (χ0n) is 21.6. The molecule has 0 aliphatic rings. The summed E-state index contributed by atoms with van der Waals surface area (Å²) in [5.41, 5.74) is 6.13. The Labute approximate surface area is 235 Å². The smallest absolute Gasteiger partial charge is 0.0547 e. The number of fused-ring (bicyclic) bond motifs is 9. The first-order chi connectivity index (χ1) is 19.8.